The SMILES string of the molecule is C[C@H](N)c1cnc2cnccn12. The van der Waals surface area contributed by atoms with Crippen LogP contribution in [0.4, 0.5) is 0 Å². The van der Waals surface area contributed by atoms with Crippen LogP contribution in [0.15, 0.2) is 24.8 Å². The molecule has 0 saturated heterocycles. The minimum Gasteiger partial charge on any atom is -0.323 e. The van der Waals surface area contributed by atoms with Gasteiger partial charge in [-0.2, -0.15) is 0 Å². The van der Waals surface area contributed by atoms with E-state index in [9.17, 15) is 0 Å². The number of rotatable bonds is 1. The molecule has 0 amide bonds. The molecule has 2 N–H and O–H groups in total. The number of aromatic nitrogens is 3. The molecule has 2 aromatic rings. The maximum atomic E-state index is 5.74. The molecule has 0 spiro atoms. The van der Waals surface area contributed by atoms with Crippen molar-refractivity contribution in [2.75, 3.05) is 0 Å². The quantitative estimate of drug-likeness (QED) is 0.673. The summed E-state index contributed by atoms with van der Waals surface area (Å²) in [5.41, 5.74) is 7.59. The van der Waals surface area contributed by atoms with Gasteiger partial charge in [-0.05, 0) is 6.92 Å². The third-order valence-corrected chi connectivity index (χ3v) is 1.81. The Labute approximate surface area is 70.1 Å². The van der Waals surface area contributed by atoms with E-state index in [1.165, 1.54) is 0 Å². The molecular weight excluding hydrogens is 152 g/mol. The Kier molecular flexibility index (Phi) is 1.55. The van der Waals surface area contributed by atoms with Gasteiger partial charge in [0.2, 0.25) is 0 Å². The molecule has 2 heterocycles. The molecule has 0 bridgehead atoms. The number of imidazole rings is 1. The van der Waals surface area contributed by atoms with Crippen LogP contribution in [0, 0.1) is 0 Å². The molecule has 1 atom stereocenters. The lowest BCUT2D eigenvalue weighted by Gasteiger charge is -2.02. The van der Waals surface area contributed by atoms with Gasteiger partial charge in [-0.25, -0.2) is 4.98 Å². The Hall–Kier alpha value is -1.42. The molecule has 0 fully saturated rings. The summed E-state index contributed by atoms with van der Waals surface area (Å²) in [6.45, 7) is 1.93. The summed E-state index contributed by atoms with van der Waals surface area (Å²) in [5.74, 6) is 0. The third-order valence-electron chi connectivity index (χ3n) is 1.81. The molecule has 0 aliphatic carbocycles. The fraction of sp³-hybridized carbons (Fsp3) is 0.250. The van der Waals surface area contributed by atoms with Gasteiger partial charge < -0.3 is 5.73 Å². The Morgan fingerprint density at radius 2 is 2.33 bits per heavy atom. The van der Waals surface area contributed by atoms with Crippen LogP contribution in [0.5, 0.6) is 0 Å². The van der Waals surface area contributed by atoms with Gasteiger partial charge in [-0.1, -0.05) is 0 Å². The monoisotopic (exact) mass is 162 g/mol. The Morgan fingerprint density at radius 1 is 1.50 bits per heavy atom. The van der Waals surface area contributed by atoms with Crippen molar-refractivity contribution >= 4 is 5.65 Å². The van der Waals surface area contributed by atoms with Crippen molar-refractivity contribution in [2.24, 2.45) is 5.73 Å². The maximum Gasteiger partial charge on any atom is 0.155 e. The van der Waals surface area contributed by atoms with Crippen LogP contribution >= 0.6 is 0 Å². The number of hydrogen-bond acceptors (Lipinski definition) is 3. The molecule has 2 aromatic heterocycles. The smallest absolute Gasteiger partial charge is 0.155 e. The van der Waals surface area contributed by atoms with Gasteiger partial charge in [0.05, 0.1) is 18.1 Å². The van der Waals surface area contributed by atoms with Crippen LogP contribution in [0.2, 0.25) is 0 Å². The molecule has 0 radical (unpaired) electrons. The van der Waals surface area contributed by atoms with E-state index < -0.39 is 0 Å². The number of nitrogens with two attached hydrogens (primary N) is 1. The summed E-state index contributed by atoms with van der Waals surface area (Å²) in [4.78, 5) is 8.12. The van der Waals surface area contributed by atoms with Gasteiger partial charge >= 0.3 is 0 Å². The highest BCUT2D eigenvalue weighted by atomic mass is 15.0. The second kappa shape index (κ2) is 2.57. The minimum atomic E-state index is 0.00222. The van der Waals surface area contributed by atoms with Gasteiger partial charge in [-0.15, -0.1) is 0 Å². The minimum absolute atomic E-state index is 0.00222. The van der Waals surface area contributed by atoms with E-state index in [1.54, 1.807) is 18.6 Å². The normalized spacial score (nSPS) is 13.5. The number of nitrogens with zero attached hydrogens (tertiary/aromatic N) is 3. The highest BCUT2D eigenvalue weighted by molar-refractivity contribution is 5.37. The van der Waals surface area contributed by atoms with Crippen LogP contribution in [0.1, 0.15) is 18.7 Å². The highest BCUT2D eigenvalue weighted by Crippen LogP contribution is 2.10. The van der Waals surface area contributed by atoms with Gasteiger partial charge in [0, 0.05) is 18.4 Å². The number of hydrogen-bond donors (Lipinski definition) is 1. The zero-order valence-electron chi connectivity index (χ0n) is 6.81. The zero-order chi connectivity index (χ0) is 8.55. The summed E-state index contributed by atoms with van der Waals surface area (Å²) in [5, 5.41) is 0. The lowest BCUT2D eigenvalue weighted by Crippen LogP contribution is -2.07. The van der Waals surface area contributed by atoms with E-state index in [4.69, 9.17) is 5.73 Å². The molecule has 4 nitrogen and oxygen atoms in total. The van der Waals surface area contributed by atoms with Gasteiger partial charge in [0.15, 0.2) is 5.65 Å². The molecule has 2 rings (SSSR count). The Balaban J connectivity index is 2.70. The van der Waals surface area contributed by atoms with E-state index in [0.29, 0.717) is 0 Å². The highest BCUT2D eigenvalue weighted by Gasteiger charge is 2.05. The Morgan fingerprint density at radius 3 is 3.08 bits per heavy atom. The molecule has 0 unspecified atom stereocenters. The fourth-order valence-corrected chi connectivity index (χ4v) is 1.20. The first-order valence-corrected chi connectivity index (χ1v) is 3.81. The molecule has 0 aliphatic rings. The van der Waals surface area contributed by atoms with Crippen LogP contribution in [-0.4, -0.2) is 14.4 Å². The van der Waals surface area contributed by atoms with E-state index in [2.05, 4.69) is 9.97 Å². The lowest BCUT2D eigenvalue weighted by molar-refractivity contribution is 0.768. The van der Waals surface area contributed by atoms with Crippen molar-refractivity contribution in [3.63, 3.8) is 0 Å². The molecule has 0 aliphatic heterocycles. The summed E-state index contributed by atoms with van der Waals surface area (Å²) in [6, 6.07) is 0.00222. The first-order chi connectivity index (χ1) is 5.79. The largest absolute Gasteiger partial charge is 0.323 e. The second-order valence-corrected chi connectivity index (χ2v) is 2.78. The average molecular weight is 162 g/mol. The maximum absolute atomic E-state index is 5.74. The van der Waals surface area contributed by atoms with Crippen LogP contribution < -0.4 is 5.73 Å². The first kappa shape index (κ1) is 7.24. The van der Waals surface area contributed by atoms with Crippen LogP contribution in [0.25, 0.3) is 5.65 Å². The second-order valence-electron chi connectivity index (χ2n) is 2.78. The molecular formula is C8H10N4. The van der Waals surface area contributed by atoms with Crippen molar-refractivity contribution in [3.05, 3.63) is 30.5 Å². The lowest BCUT2D eigenvalue weighted by atomic mass is 10.3. The van der Waals surface area contributed by atoms with Crippen molar-refractivity contribution in [2.45, 2.75) is 13.0 Å². The standard InChI is InChI=1S/C8H10N4/c1-6(9)7-4-11-8-5-10-2-3-12(7)8/h2-6H,9H2,1H3/t6-/m0/s1. The van der Waals surface area contributed by atoms with Crippen molar-refractivity contribution in [3.8, 4) is 0 Å². The van der Waals surface area contributed by atoms with E-state index in [-0.39, 0.29) is 6.04 Å². The number of fused-ring (bicyclic) bond motifs is 1. The zero-order valence-corrected chi connectivity index (χ0v) is 6.81. The van der Waals surface area contributed by atoms with E-state index in [0.717, 1.165) is 11.3 Å². The van der Waals surface area contributed by atoms with Crippen LogP contribution in [-0.2, 0) is 0 Å². The average Bonchev–Trinajstić information content (AvgIpc) is 2.47. The summed E-state index contributed by atoms with van der Waals surface area (Å²) < 4.78 is 1.94. The fourth-order valence-electron chi connectivity index (χ4n) is 1.20. The predicted octanol–water partition coefficient (Wildman–Crippen LogP) is 0.749. The predicted molar refractivity (Wildman–Crippen MR) is 45.6 cm³/mol. The van der Waals surface area contributed by atoms with Crippen molar-refractivity contribution in [1.29, 1.82) is 0 Å². The molecule has 12 heavy (non-hydrogen) atoms. The topological polar surface area (TPSA) is 56.2 Å². The van der Waals surface area contributed by atoms with Gasteiger partial charge in [-0.3, -0.25) is 9.38 Å². The first-order valence-electron chi connectivity index (χ1n) is 3.81. The summed E-state index contributed by atoms with van der Waals surface area (Å²) >= 11 is 0. The van der Waals surface area contributed by atoms with Crippen molar-refractivity contribution < 1.29 is 0 Å². The van der Waals surface area contributed by atoms with Crippen LogP contribution in [0.3, 0.4) is 0 Å². The van der Waals surface area contributed by atoms with Gasteiger partial charge in [0.1, 0.15) is 0 Å². The third kappa shape index (κ3) is 0.967. The van der Waals surface area contributed by atoms with E-state index >= 15 is 0 Å². The summed E-state index contributed by atoms with van der Waals surface area (Å²) in [6.07, 6.45) is 7.08. The molecule has 0 aromatic carbocycles. The summed E-state index contributed by atoms with van der Waals surface area (Å²) in [7, 11) is 0. The molecule has 0 saturated carbocycles. The Bertz CT molecular complexity index is 391. The molecule has 4 heteroatoms. The van der Waals surface area contributed by atoms with Crippen molar-refractivity contribution in [1.82, 2.24) is 14.4 Å². The van der Waals surface area contributed by atoms with E-state index in [1.807, 2.05) is 17.5 Å². The van der Waals surface area contributed by atoms with Gasteiger partial charge in [0.25, 0.3) is 0 Å². The molecule has 62 valence electrons.